The van der Waals surface area contributed by atoms with Crippen molar-refractivity contribution in [2.45, 2.75) is 23.7 Å². The van der Waals surface area contributed by atoms with Crippen molar-refractivity contribution >= 4 is 15.6 Å². The number of ketones is 1. The van der Waals surface area contributed by atoms with E-state index in [4.69, 9.17) is 9.47 Å². The average Bonchev–Trinajstić information content (AvgIpc) is 2.85. The summed E-state index contributed by atoms with van der Waals surface area (Å²) in [6.45, 7) is -0.308. The van der Waals surface area contributed by atoms with E-state index in [9.17, 15) is 23.4 Å². The smallest absolute Gasteiger partial charge is 0.224 e. The number of pyridine rings is 1. The van der Waals surface area contributed by atoms with Crippen LogP contribution in [0, 0.1) is 5.92 Å². The molecular formula is C19H21NO7S. The van der Waals surface area contributed by atoms with Crippen molar-refractivity contribution in [2.24, 2.45) is 5.92 Å². The van der Waals surface area contributed by atoms with Crippen molar-refractivity contribution in [3.8, 4) is 11.6 Å². The van der Waals surface area contributed by atoms with Gasteiger partial charge in [0.25, 0.3) is 0 Å². The van der Waals surface area contributed by atoms with Gasteiger partial charge in [0.1, 0.15) is 10.6 Å². The number of aromatic nitrogens is 1. The van der Waals surface area contributed by atoms with Gasteiger partial charge in [-0.15, -0.1) is 0 Å². The third-order valence-corrected chi connectivity index (χ3v) is 6.20. The summed E-state index contributed by atoms with van der Waals surface area (Å²) < 4.78 is 36.5. The van der Waals surface area contributed by atoms with Gasteiger partial charge in [-0.1, -0.05) is 6.07 Å². The number of sulfone groups is 1. The van der Waals surface area contributed by atoms with Gasteiger partial charge in [-0.3, -0.25) is 4.79 Å². The monoisotopic (exact) mass is 407 g/mol. The summed E-state index contributed by atoms with van der Waals surface area (Å²) >= 11 is 0. The van der Waals surface area contributed by atoms with Crippen LogP contribution in [-0.2, 0) is 22.2 Å². The van der Waals surface area contributed by atoms with E-state index in [0.717, 1.165) is 0 Å². The van der Waals surface area contributed by atoms with Crippen molar-refractivity contribution in [3.05, 3.63) is 47.2 Å². The predicted molar refractivity (Wildman–Crippen MR) is 99.1 cm³/mol. The van der Waals surface area contributed by atoms with E-state index < -0.39 is 15.6 Å². The first-order valence-electron chi connectivity index (χ1n) is 8.64. The number of benzene rings is 1. The van der Waals surface area contributed by atoms with Gasteiger partial charge < -0.3 is 19.7 Å². The number of hydrogen-bond acceptors (Lipinski definition) is 8. The molecule has 1 aliphatic rings. The predicted octanol–water partition coefficient (Wildman–Crippen LogP) is 1.13. The van der Waals surface area contributed by atoms with Crippen LogP contribution in [0.5, 0.6) is 11.6 Å². The number of nitrogens with zero attached hydrogens (tertiary/aromatic N) is 1. The molecule has 2 N–H and O–H groups in total. The zero-order valence-corrected chi connectivity index (χ0v) is 16.1. The maximum absolute atomic E-state index is 12.9. The molecule has 1 aromatic carbocycles. The topological polar surface area (TPSA) is 123 Å². The normalized spacial score (nSPS) is 16.8. The third-order valence-electron chi connectivity index (χ3n) is 4.50. The third kappa shape index (κ3) is 4.16. The highest BCUT2D eigenvalue weighted by Gasteiger charge is 2.26. The Morgan fingerprint density at radius 1 is 1.25 bits per heavy atom. The lowest BCUT2D eigenvalue weighted by atomic mass is 10.0. The number of carbonyl (C=O) groups is 1. The number of carbonyl (C=O) groups excluding carboxylic acids is 1. The van der Waals surface area contributed by atoms with Crippen molar-refractivity contribution in [1.29, 1.82) is 0 Å². The highest BCUT2D eigenvalue weighted by molar-refractivity contribution is 7.90. The van der Waals surface area contributed by atoms with Crippen LogP contribution in [0.4, 0.5) is 0 Å². The van der Waals surface area contributed by atoms with Gasteiger partial charge >= 0.3 is 0 Å². The number of aliphatic hydroxyl groups is 2. The maximum Gasteiger partial charge on any atom is 0.224 e. The minimum Gasteiger partial charge on any atom is -0.495 e. The van der Waals surface area contributed by atoms with Crippen LogP contribution in [0.15, 0.2) is 35.4 Å². The molecular weight excluding hydrogens is 386 g/mol. The Kier molecular flexibility index (Phi) is 5.97. The van der Waals surface area contributed by atoms with Gasteiger partial charge in [-0.2, -0.15) is 0 Å². The summed E-state index contributed by atoms with van der Waals surface area (Å²) in [6, 6.07) is 5.89. The van der Waals surface area contributed by atoms with E-state index in [1.165, 1.54) is 31.5 Å². The van der Waals surface area contributed by atoms with Crippen molar-refractivity contribution in [3.63, 3.8) is 0 Å². The summed E-state index contributed by atoms with van der Waals surface area (Å²) in [5.74, 6) is -0.653. The minimum atomic E-state index is -3.83. The lowest BCUT2D eigenvalue weighted by Gasteiger charge is -2.12. The standard InChI is InChI=1S/C19H21NO7S/c1-26-17-3-2-12(8-21)6-18(17)28(24,25)11-13-4-15-16(23)5-14(9-22)10-27-19(15)20-7-13/h2-4,6-7,14,21-22H,5,8-11H2,1H3/t14-/m0/s1. The summed E-state index contributed by atoms with van der Waals surface area (Å²) in [7, 11) is -2.46. The lowest BCUT2D eigenvalue weighted by molar-refractivity contribution is 0.0927. The quantitative estimate of drug-likeness (QED) is 0.731. The Labute approximate surface area is 162 Å². The molecule has 1 aliphatic heterocycles. The molecule has 1 aromatic heterocycles. The van der Waals surface area contributed by atoms with Crippen LogP contribution >= 0.6 is 0 Å². The van der Waals surface area contributed by atoms with Crippen molar-refractivity contribution < 1.29 is 32.9 Å². The Balaban J connectivity index is 1.93. The number of Topliss-reactive ketones (excluding diaryl/α,β-unsaturated/α-hetero) is 1. The van der Waals surface area contributed by atoms with Gasteiger partial charge in [0.05, 0.1) is 31.6 Å². The van der Waals surface area contributed by atoms with Gasteiger partial charge in [0.2, 0.25) is 5.88 Å². The van der Waals surface area contributed by atoms with E-state index >= 15 is 0 Å². The zero-order valence-electron chi connectivity index (χ0n) is 15.3. The molecule has 150 valence electrons. The fourth-order valence-corrected chi connectivity index (χ4v) is 4.54. The number of fused-ring (bicyclic) bond motifs is 1. The fraction of sp³-hybridized carbons (Fsp3) is 0.368. The second-order valence-corrected chi connectivity index (χ2v) is 8.54. The number of ether oxygens (including phenoxy) is 2. The molecule has 8 nitrogen and oxygen atoms in total. The van der Waals surface area contributed by atoms with Gasteiger partial charge in [-0.25, -0.2) is 13.4 Å². The fourth-order valence-electron chi connectivity index (χ4n) is 2.99. The SMILES string of the molecule is COc1ccc(CO)cc1S(=O)(=O)Cc1cnc2c(c1)C(=O)C[C@@H](CO)CO2. The first-order chi connectivity index (χ1) is 13.4. The minimum absolute atomic E-state index is 0.0422. The van der Waals surface area contributed by atoms with Crippen LogP contribution in [0.1, 0.15) is 27.9 Å². The van der Waals surface area contributed by atoms with Gasteiger partial charge in [0, 0.05) is 25.1 Å². The maximum atomic E-state index is 12.9. The molecule has 28 heavy (non-hydrogen) atoms. The number of rotatable bonds is 6. The van der Waals surface area contributed by atoms with E-state index in [2.05, 4.69) is 4.98 Å². The Bertz CT molecular complexity index is 988. The van der Waals surface area contributed by atoms with Crippen LogP contribution in [0.25, 0.3) is 0 Å². The van der Waals surface area contributed by atoms with Gasteiger partial charge in [-0.05, 0) is 29.3 Å². The molecule has 3 rings (SSSR count). The summed E-state index contributed by atoms with van der Waals surface area (Å²) in [4.78, 5) is 16.5. The molecule has 2 heterocycles. The van der Waals surface area contributed by atoms with Crippen LogP contribution < -0.4 is 9.47 Å². The van der Waals surface area contributed by atoms with Crippen molar-refractivity contribution in [2.75, 3.05) is 20.3 Å². The molecule has 0 radical (unpaired) electrons. The molecule has 0 spiro atoms. The Morgan fingerprint density at radius 3 is 2.71 bits per heavy atom. The highest BCUT2D eigenvalue weighted by atomic mass is 32.2. The lowest BCUT2D eigenvalue weighted by Crippen LogP contribution is -2.16. The number of hydrogen-bond donors (Lipinski definition) is 2. The largest absolute Gasteiger partial charge is 0.495 e. The molecule has 0 unspecified atom stereocenters. The first kappa shape index (κ1) is 20.2. The van der Waals surface area contributed by atoms with E-state index in [-0.39, 0.29) is 60.0 Å². The zero-order chi connectivity index (χ0) is 20.3. The molecule has 0 amide bonds. The van der Waals surface area contributed by atoms with Gasteiger partial charge in [0.15, 0.2) is 15.6 Å². The summed E-state index contributed by atoms with van der Waals surface area (Å²) in [5.41, 5.74) is 0.979. The summed E-state index contributed by atoms with van der Waals surface area (Å²) in [5, 5.41) is 18.6. The van der Waals surface area contributed by atoms with Crippen LogP contribution in [0.2, 0.25) is 0 Å². The Hall–Kier alpha value is -2.49. The average molecular weight is 407 g/mol. The summed E-state index contributed by atoms with van der Waals surface area (Å²) in [6.07, 6.45) is 1.46. The highest BCUT2D eigenvalue weighted by Crippen LogP contribution is 2.30. The number of methoxy groups -OCH3 is 1. The van der Waals surface area contributed by atoms with E-state index in [1.807, 2.05) is 0 Å². The first-order valence-corrected chi connectivity index (χ1v) is 10.3. The molecule has 0 fully saturated rings. The number of aliphatic hydroxyl groups excluding tert-OH is 2. The molecule has 1 atom stereocenters. The molecule has 0 bridgehead atoms. The Morgan fingerprint density at radius 2 is 2.04 bits per heavy atom. The van der Waals surface area contributed by atoms with E-state index in [0.29, 0.717) is 11.1 Å². The molecule has 0 aliphatic carbocycles. The second-order valence-electron chi connectivity index (χ2n) is 6.59. The van der Waals surface area contributed by atoms with Crippen LogP contribution in [0.3, 0.4) is 0 Å². The van der Waals surface area contributed by atoms with Crippen molar-refractivity contribution in [1.82, 2.24) is 4.98 Å². The molecule has 0 saturated heterocycles. The molecule has 9 heteroatoms. The molecule has 0 saturated carbocycles. The molecule has 2 aromatic rings. The van der Waals surface area contributed by atoms with E-state index in [1.54, 1.807) is 6.07 Å². The second kappa shape index (κ2) is 8.26. The van der Waals surface area contributed by atoms with Crippen LogP contribution in [-0.4, -0.2) is 49.7 Å².